The van der Waals surface area contributed by atoms with Crippen LogP contribution in [-0.4, -0.2) is 21.4 Å². The van der Waals surface area contributed by atoms with Crippen molar-refractivity contribution in [2.45, 2.75) is 12.8 Å². The molecule has 0 radical (unpaired) electrons. The van der Waals surface area contributed by atoms with Crippen molar-refractivity contribution in [2.24, 2.45) is 5.10 Å². The highest BCUT2D eigenvalue weighted by atomic mass is 16.2. The molecule has 2 N–H and O–H groups in total. The van der Waals surface area contributed by atoms with Crippen LogP contribution in [0.15, 0.2) is 70.6 Å². The molecule has 0 saturated carbocycles. The molecule has 0 aliphatic carbocycles. The number of carbonyl (C=O) groups excluding carboxylic acids is 1. The second-order valence-electron chi connectivity index (χ2n) is 5.85. The second-order valence-corrected chi connectivity index (χ2v) is 5.85. The van der Waals surface area contributed by atoms with E-state index in [9.17, 15) is 9.59 Å². The van der Waals surface area contributed by atoms with Crippen LogP contribution in [0.25, 0.3) is 16.9 Å². The highest BCUT2D eigenvalue weighted by Crippen LogP contribution is 2.19. The van der Waals surface area contributed by atoms with E-state index in [0.717, 1.165) is 28.2 Å². The Morgan fingerprint density at radius 2 is 1.60 bits per heavy atom. The van der Waals surface area contributed by atoms with Crippen LogP contribution in [-0.2, 0) is 4.79 Å². The number of para-hydroxylation sites is 1. The van der Waals surface area contributed by atoms with Crippen LogP contribution in [0.3, 0.4) is 0 Å². The van der Waals surface area contributed by atoms with Crippen molar-refractivity contribution < 1.29 is 4.79 Å². The van der Waals surface area contributed by atoms with Crippen LogP contribution < -0.4 is 11.0 Å². The number of hydrazone groups is 1. The number of benzene rings is 2. The van der Waals surface area contributed by atoms with Gasteiger partial charge in [0, 0.05) is 18.9 Å². The Kier molecular flexibility index (Phi) is 3.78. The lowest BCUT2D eigenvalue weighted by atomic mass is 10.0. The maximum absolute atomic E-state index is 12.2. The van der Waals surface area contributed by atoms with Crippen molar-refractivity contribution in [3.8, 4) is 16.9 Å². The van der Waals surface area contributed by atoms with Gasteiger partial charge in [0.2, 0.25) is 5.91 Å². The molecule has 1 aliphatic rings. The van der Waals surface area contributed by atoms with E-state index >= 15 is 0 Å². The van der Waals surface area contributed by atoms with Crippen molar-refractivity contribution in [1.29, 1.82) is 0 Å². The van der Waals surface area contributed by atoms with Crippen molar-refractivity contribution in [1.82, 2.24) is 15.2 Å². The zero-order valence-electron chi connectivity index (χ0n) is 13.4. The average molecular weight is 332 g/mol. The molecule has 1 aromatic heterocycles. The standard InChI is InChI=1S/C19H16N4O2/c24-18-11-10-16(20-21-18)13-6-8-14(9-7-13)17-12-19(25)23(22-17)15-4-2-1-3-5-15/h1-9,12,22H,10-11H2,(H,21,24). The number of hydrogen-bond acceptors (Lipinski definition) is 3. The molecular formula is C19H16N4O2. The molecule has 0 spiro atoms. The zero-order chi connectivity index (χ0) is 17.2. The number of aromatic amines is 1. The van der Waals surface area contributed by atoms with Gasteiger partial charge in [-0.05, 0) is 23.3 Å². The minimum absolute atomic E-state index is 0.0554. The first-order valence-corrected chi connectivity index (χ1v) is 8.04. The summed E-state index contributed by atoms with van der Waals surface area (Å²) in [7, 11) is 0. The van der Waals surface area contributed by atoms with Gasteiger partial charge < -0.3 is 0 Å². The van der Waals surface area contributed by atoms with Crippen LogP contribution in [0, 0.1) is 0 Å². The fourth-order valence-corrected chi connectivity index (χ4v) is 2.84. The lowest BCUT2D eigenvalue weighted by molar-refractivity contribution is -0.121. The molecule has 0 atom stereocenters. The van der Waals surface area contributed by atoms with E-state index in [1.165, 1.54) is 4.68 Å². The van der Waals surface area contributed by atoms with Gasteiger partial charge in [0.05, 0.1) is 17.1 Å². The maximum atomic E-state index is 12.2. The largest absolute Gasteiger partial charge is 0.290 e. The number of rotatable bonds is 3. The highest BCUT2D eigenvalue weighted by molar-refractivity contribution is 6.04. The molecule has 3 aromatic rings. The average Bonchev–Trinajstić information content (AvgIpc) is 3.05. The van der Waals surface area contributed by atoms with E-state index in [2.05, 4.69) is 15.6 Å². The van der Waals surface area contributed by atoms with E-state index in [-0.39, 0.29) is 11.5 Å². The third-order valence-electron chi connectivity index (χ3n) is 4.17. The van der Waals surface area contributed by atoms with Crippen LogP contribution in [0.4, 0.5) is 0 Å². The molecule has 0 saturated heterocycles. The number of nitrogens with zero attached hydrogens (tertiary/aromatic N) is 2. The Bertz CT molecular complexity index is 998. The molecule has 6 nitrogen and oxygen atoms in total. The third kappa shape index (κ3) is 3.01. The number of aromatic nitrogens is 2. The predicted octanol–water partition coefficient (Wildman–Crippen LogP) is 2.45. The summed E-state index contributed by atoms with van der Waals surface area (Å²) in [6.07, 6.45) is 1.08. The Balaban J connectivity index is 1.63. The molecular weight excluding hydrogens is 316 g/mol. The quantitative estimate of drug-likeness (QED) is 0.772. The molecule has 25 heavy (non-hydrogen) atoms. The number of amides is 1. The van der Waals surface area contributed by atoms with E-state index in [4.69, 9.17) is 0 Å². The summed E-state index contributed by atoms with van der Waals surface area (Å²) >= 11 is 0. The Labute approximate surface area is 143 Å². The first-order valence-electron chi connectivity index (χ1n) is 8.04. The number of carbonyl (C=O) groups is 1. The smallest absolute Gasteiger partial charge is 0.271 e. The molecule has 4 rings (SSSR count). The fraction of sp³-hybridized carbons (Fsp3) is 0.105. The SMILES string of the molecule is O=C1CCC(c2ccc(-c3cc(=O)n(-c4ccccc4)[nH]3)cc2)=NN1. The molecule has 0 bridgehead atoms. The van der Waals surface area contributed by atoms with E-state index in [1.807, 2.05) is 54.6 Å². The van der Waals surface area contributed by atoms with Crippen molar-refractivity contribution in [2.75, 3.05) is 0 Å². The second kappa shape index (κ2) is 6.24. The number of H-pyrrole nitrogens is 1. The van der Waals surface area contributed by atoms with Gasteiger partial charge in [0.15, 0.2) is 0 Å². The normalized spacial score (nSPS) is 14.1. The summed E-state index contributed by atoms with van der Waals surface area (Å²) in [5.74, 6) is -0.0554. The lowest BCUT2D eigenvalue weighted by Crippen LogP contribution is -2.25. The van der Waals surface area contributed by atoms with E-state index < -0.39 is 0 Å². The van der Waals surface area contributed by atoms with Gasteiger partial charge in [-0.25, -0.2) is 10.1 Å². The van der Waals surface area contributed by atoms with E-state index in [1.54, 1.807) is 6.07 Å². The molecule has 2 aromatic carbocycles. The molecule has 1 amide bonds. The minimum atomic E-state index is -0.107. The summed E-state index contributed by atoms with van der Waals surface area (Å²) in [5.41, 5.74) is 6.68. The molecule has 124 valence electrons. The monoisotopic (exact) mass is 332 g/mol. The van der Waals surface area contributed by atoms with Gasteiger partial charge in [-0.2, -0.15) is 5.10 Å². The lowest BCUT2D eigenvalue weighted by Gasteiger charge is -2.12. The summed E-state index contributed by atoms with van der Waals surface area (Å²) in [6, 6.07) is 18.8. The van der Waals surface area contributed by atoms with Crippen LogP contribution in [0.5, 0.6) is 0 Å². The summed E-state index contributed by atoms with van der Waals surface area (Å²) in [5, 5.41) is 7.23. The van der Waals surface area contributed by atoms with Gasteiger partial charge in [-0.15, -0.1) is 0 Å². The molecule has 0 unspecified atom stereocenters. The number of hydrogen-bond donors (Lipinski definition) is 2. The molecule has 1 aliphatic heterocycles. The van der Waals surface area contributed by atoms with Crippen molar-refractivity contribution >= 4 is 11.6 Å². The van der Waals surface area contributed by atoms with Crippen LogP contribution >= 0.6 is 0 Å². The molecule has 2 heterocycles. The van der Waals surface area contributed by atoms with Crippen molar-refractivity contribution in [3.63, 3.8) is 0 Å². The Hall–Kier alpha value is -3.41. The topological polar surface area (TPSA) is 79.2 Å². The van der Waals surface area contributed by atoms with Gasteiger partial charge in [-0.1, -0.05) is 42.5 Å². The maximum Gasteiger partial charge on any atom is 0.271 e. The van der Waals surface area contributed by atoms with Crippen LogP contribution in [0.2, 0.25) is 0 Å². The van der Waals surface area contributed by atoms with Gasteiger partial charge in [0.1, 0.15) is 0 Å². The molecule has 6 heteroatoms. The Morgan fingerprint density at radius 3 is 2.28 bits per heavy atom. The van der Waals surface area contributed by atoms with Crippen molar-refractivity contribution in [3.05, 3.63) is 76.6 Å². The summed E-state index contributed by atoms with van der Waals surface area (Å²) in [6.45, 7) is 0. The summed E-state index contributed by atoms with van der Waals surface area (Å²) < 4.78 is 1.52. The van der Waals surface area contributed by atoms with Gasteiger partial charge in [0.25, 0.3) is 5.56 Å². The Morgan fingerprint density at radius 1 is 0.880 bits per heavy atom. The summed E-state index contributed by atoms with van der Waals surface area (Å²) in [4.78, 5) is 23.4. The fourth-order valence-electron chi connectivity index (χ4n) is 2.84. The first-order chi connectivity index (χ1) is 12.2. The van der Waals surface area contributed by atoms with Gasteiger partial charge >= 0.3 is 0 Å². The van der Waals surface area contributed by atoms with Gasteiger partial charge in [-0.3, -0.25) is 14.7 Å². The number of nitrogens with one attached hydrogen (secondary N) is 2. The highest BCUT2D eigenvalue weighted by Gasteiger charge is 2.13. The zero-order valence-corrected chi connectivity index (χ0v) is 13.4. The molecule has 0 fully saturated rings. The minimum Gasteiger partial charge on any atom is -0.290 e. The predicted molar refractivity (Wildman–Crippen MR) is 95.7 cm³/mol. The first kappa shape index (κ1) is 15.1. The third-order valence-corrected chi connectivity index (χ3v) is 4.17. The van der Waals surface area contributed by atoms with E-state index in [0.29, 0.717) is 12.8 Å². The van der Waals surface area contributed by atoms with Crippen LogP contribution in [0.1, 0.15) is 18.4 Å².